The van der Waals surface area contributed by atoms with Gasteiger partial charge in [0.25, 0.3) is 0 Å². The van der Waals surface area contributed by atoms with Crippen LogP contribution < -0.4 is 5.32 Å². The highest BCUT2D eigenvalue weighted by molar-refractivity contribution is 4.92. The monoisotopic (exact) mass is 179 g/mol. The Labute approximate surface area is 82.3 Å². The molecule has 0 aliphatic heterocycles. The fraction of sp³-hybridized carbons (Fsp3) is 0.833. The van der Waals surface area contributed by atoms with Crippen LogP contribution in [0, 0.1) is 24.2 Å². The molecule has 0 saturated heterocycles. The second-order valence-electron chi connectivity index (χ2n) is 4.14. The molecule has 0 aromatic carbocycles. The first-order chi connectivity index (χ1) is 6.31. The van der Waals surface area contributed by atoms with Crippen molar-refractivity contribution in [3.05, 3.63) is 0 Å². The van der Waals surface area contributed by atoms with E-state index in [1.165, 1.54) is 25.7 Å². The van der Waals surface area contributed by atoms with E-state index in [1.54, 1.807) is 0 Å². The lowest BCUT2D eigenvalue weighted by molar-refractivity contribution is 0.199. The zero-order valence-corrected chi connectivity index (χ0v) is 8.84. The molecule has 1 aliphatic rings. The minimum absolute atomic E-state index is 0.709. The average Bonchev–Trinajstić information content (AvgIpc) is 2.18. The molecular weight excluding hydrogens is 158 g/mol. The van der Waals surface area contributed by atoms with E-state index in [1.807, 2.05) is 0 Å². The van der Waals surface area contributed by atoms with Crippen LogP contribution in [-0.2, 0) is 0 Å². The molecule has 1 fully saturated rings. The van der Waals surface area contributed by atoms with Gasteiger partial charge in [0.05, 0.1) is 0 Å². The van der Waals surface area contributed by atoms with Crippen molar-refractivity contribution in [3.8, 4) is 12.3 Å². The Balaban J connectivity index is 2.48. The Bertz CT molecular complexity index is 180. The van der Waals surface area contributed by atoms with E-state index in [-0.39, 0.29) is 0 Å². The van der Waals surface area contributed by atoms with Gasteiger partial charge in [-0.15, -0.1) is 12.3 Å². The maximum atomic E-state index is 5.39. The molecule has 1 nitrogen and oxygen atoms in total. The van der Waals surface area contributed by atoms with Crippen LogP contribution in [0.15, 0.2) is 0 Å². The molecule has 0 spiro atoms. The van der Waals surface area contributed by atoms with Gasteiger partial charge < -0.3 is 5.32 Å². The van der Waals surface area contributed by atoms with Crippen LogP contribution in [0.1, 0.15) is 39.0 Å². The van der Waals surface area contributed by atoms with Crippen LogP contribution >= 0.6 is 0 Å². The second kappa shape index (κ2) is 5.29. The van der Waals surface area contributed by atoms with E-state index in [2.05, 4.69) is 25.2 Å². The van der Waals surface area contributed by atoms with Gasteiger partial charge in [-0.1, -0.05) is 13.3 Å². The maximum Gasteiger partial charge on any atom is 0.0118 e. The lowest BCUT2D eigenvalue weighted by Gasteiger charge is -2.34. The van der Waals surface area contributed by atoms with Gasteiger partial charge in [0.1, 0.15) is 0 Å². The third-order valence-corrected chi connectivity index (χ3v) is 3.45. The minimum atomic E-state index is 0.709. The molecule has 0 heterocycles. The van der Waals surface area contributed by atoms with Gasteiger partial charge in [-0.3, -0.25) is 0 Å². The molecule has 3 unspecified atom stereocenters. The van der Waals surface area contributed by atoms with Crippen molar-refractivity contribution >= 4 is 0 Å². The molecule has 0 radical (unpaired) electrons. The zero-order chi connectivity index (χ0) is 9.68. The largest absolute Gasteiger partial charge is 0.317 e. The van der Waals surface area contributed by atoms with Gasteiger partial charge in [0.15, 0.2) is 0 Å². The van der Waals surface area contributed by atoms with E-state index >= 15 is 0 Å². The predicted molar refractivity (Wildman–Crippen MR) is 57.4 cm³/mol. The van der Waals surface area contributed by atoms with Crippen molar-refractivity contribution < 1.29 is 0 Å². The normalized spacial score (nSPS) is 34.1. The van der Waals surface area contributed by atoms with Gasteiger partial charge >= 0.3 is 0 Å². The molecule has 1 saturated carbocycles. The van der Waals surface area contributed by atoms with Crippen molar-refractivity contribution in [2.24, 2.45) is 11.8 Å². The minimum Gasteiger partial charge on any atom is -0.317 e. The van der Waals surface area contributed by atoms with Crippen molar-refractivity contribution in [2.45, 2.75) is 45.1 Å². The van der Waals surface area contributed by atoms with Crippen LogP contribution in [-0.4, -0.2) is 13.1 Å². The molecule has 0 aromatic rings. The van der Waals surface area contributed by atoms with E-state index in [4.69, 9.17) is 6.42 Å². The highest BCUT2D eigenvalue weighted by atomic mass is 14.9. The first-order valence-corrected chi connectivity index (χ1v) is 5.42. The summed E-state index contributed by atoms with van der Waals surface area (Å²) in [6, 6.07) is 0.709. The quantitative estimate of drug-likeness (QED) is 0.656. The fourth-order valence-electron chi connectivity index (χ4n) is 2.53. The van der Waals surface area contributed by atoms with E-state index < -0.39 is 0 Å². The molecule has 0 amide bonds. The van der Waals surface area contributed by atoms with Crippen molar-refractivity contribution in [2.75, 3.05) is 7.05 Å². The molecule has 1 aliphatic carbocycles. The average molecular weight is 179 g/mol. The predicted octanol–water partition coefficient (Wildman–Crippen LogP) is 2.42. The summed E-state index contributed by atoms with van der Waals surface area (Å²) < 4.78 is 0. The Morgan fingerprint density at radius 1 is 1.38 bits per heavy atom. The van der Waals surface area contributed by atoms with E-state index in [0.29, 0.717) is 6.04 Å². The summed E-state index contributed by atoms with van der Waals surface area (Å²) in [6.45, 7) is 2.29. The number of hydrogen-bond donors (Lipinski definition) is 1. The summed E-state index contributed by atoms with van der Waals surface area (Å²) in [5, 5.41) is 3.37. The van der Waals surface area contributed by atoms with Gasteiger partial charge in [-0.2, -0.15) is 0 Å². The highest BCUT2D eigenvalue weighted by Gasteiger charge is 2.27. The number of terminal acetylenes is 1. The molecule has 1 heteroatoms. The van der Waals surface area contributed by atoms with Crippen LogP contribution in [0.3, 0.4) is 0 Å². The molecule has 1 rings (SSSR count). The maximum absolute atomic E-state index is 5.39. The molecule has 1 N–H and O–H groups in total. The third kappa shape index (κ3) is 2.74. The van der Waals surface area contributed by atoms with Gasteiger partial charge in [-0.25, -0.2) is 0 Å². The molecule has 0 aromatic heterocycles. The third-order valence-electron chi connectivity index (χ3n) is 3.45. The number of hydrogen-bond acceptors (Lipinski definition) is 1. The SMILES string of the molecule is C#CCC1CC(NC)CCC1CC. The highest BCUT2D eigenvalue weighted by Crippen LogP contribution is 2.34. The summed E-state index contributed by atoms with van der Waals surface area (Å²) in [6.07, 6.45) is 11.6. The van der Waals surface area contributed by atoms with Crippen molar-refractivity contribution in [1.82, 2.24) is 5.32 Å². The lowest BCUT2D eigenvalue weighted by Crippen LogP contribution is -2.35. The van der Waals surface area contributed by atoms with Gasteiger partial charge in [0.2, 0.25) is 0 Å². The smallest absolute Gasteiger partial charge is 0.0118 e. The van der Waals surface area contributed by atoms with Crippen LogP contribution in [0.4, 0.5) is 0 Å². The lowest BCUT2D eigenvalue weighted by atomic mass is 9.74. The Morgan fingerprint density at radius 3 is 2.69 bits per heavy atom. The standard InChI is InChI=1S/C12H21N/c1-4-6-11-9-12(13-3)8-7-10(11)5-2/h1,10-13H,5-9H2,2-3H3. The van der Waals surface area contributed by atoms with Crippen LogP contribution in [0.25, 0.3) is 0 Å². The number of nitrogens with one attached hydrogen (secondary N) is 1. The first kappa shape index (κ1) is 10.6. The van der Waals surface area contributed by atoms with Crippen molar-refractivity contribution in [1.29, 1.82) is 0 Å². The molecule has 13 heavy (non-hydrogen) atoms. The summed E-state index contributed by atoms with van der Waals surface area (Å²) in [7, 11) is 2.06. The van der Waals surface area contributed by atoms with E-state index in [9.17, 15) is 0 Å². The zero-order valence-electron chi connectivity index (χ0n) is 8.84. The second-order valence-corrected chi connectivity index (χ2v) is 4.14. The molecule has 74 valence electrons. The molecule has 3 atom stereocenters. The molecule has 0 bridgehead atoms. The number of rotatable bonds is 3. The Hall–Kier alpha value is -0.480. The van der Waals surface area contributed by atoms with E-state index in [0.717, 1.165) is 18.3 Å². The summed E-state index contributed by atoms with van der Waals surface area (Å²) in [4.78, 5) is 0. The van der Waals surface area contributed by atoms with Crippen LogP contribution in [0.5, 0.6) is 0 Å². The fourth-order valence-corrected chi connectivity index (χ4v) is 2.53. The van der Waals surface area contributed by atoms with Crippen molar-refractivity contribution in [3.63, 3.8) is 0 Å². The Kier molecular flexibility index (Phi) is 4.32. The van der Waals surface area contributed by atoms with Gasteiger partial charge in [0, 0.05) is 12.5 Å². The van der Waals surface area contributed by atoms with Gasteiger partial charge in [-0.05, 0) is 38.1 Å². The van der Waals surface area contributed by atoms with Crippen LogP contribution in [0.2, 0.25) is 0 Å². The summed E-state index contributed by atoms with van der Waals surface area (Å²) in [5.41, 5.74) is 0. The topological polar surface area (TPSA) is 12.0 Å². The summed E-state index contributed by atoms with van der Waals surface area (Å²) in [5.74, 6) is 4.46. The Morgan fingerprint density at radius 2 is 2.15 bits per heavy atom. The summed E-state index contributed by atoms with van der Waals surface area (Å²) >= 11 is 0. The molecular formula is C12H21N. The first-order valence-electron chi connectivity index (χ1n) is 5.42.